The fourth-order valence-corrected chi connectivity index (χ4v) is 6.74. The molecule has 0 unspecified atom stereocenters. The molecule has 45 heavy (non-hydrogen) atoms. The van der Waals surface area contributed by atoms with E-state index in [-0.39, 0.29) is 5.41 Å². The summed E-state index contributed by atoms with van der Waals surface area (Å²) in [6.45, 7) is 4.49. The van der Waals surface area contributed by atoms with E-state index in [4.69, 9.17) is 19.4 Å². The van der Waals surface area contributed by atoms with Crippen LogP contribution in [0.1, 0.15) is 25.2 Å². The molecule has 4 aromatic heterocycles. The molecule has 214 valence electrons. The van der Waals surface area contributed by atoms with Crippen LogP contribution in [0.2, 0.25) is 0 Å². The van der Waals surface area contributed by atoms with E-state index in [1.54, 1.807) is 12.4 Å². The molecule has 0 atom stereocenters. The molecule has 1 aliphatic rings. The van der Waals surface area contributed by atoms with Gasteiger partial charge in [0.2, 0.25) is 0 Å². The van der Waals surface area contributed by atoms with Gasteiger partial charge in [-0.05, 0) is 67.4 Å². The Morgan fingerprint density at radius 1 is 0.622 bits per heavy atom. The van der Waals surface area contributed by atoms with Crippen LogP contribution in [0.5, 0.6) is 0 Å². The first-order chi connectivity index (χ1) is 22.1. The van der Waals surface area contributed by atoms with Crippen LogP contribution >= 0.6 is 0 Å². The number of fused-ring (bicyclic) bond motifs is 7. The predicted molar refractivity (Wildman–Crippen MR) is 178 cm³/mol. The summed E-state index contributed by atoms with van der Waals surface area (Å²) in [7, 11) is 0. The number of furan rings is 1. The number of benzene rings is 4. The van der Waals surface area contributed by atoms with Crippen LogP contribution in [0.25, 0.3) is 73.0 Å². The Balaban J connectivity index is 1.31. The van der Waals surface area contributed by atoms with Crippen molar-refractivity contribution in [1.82, 2.24) is 24.5 Å². The summed E-state index contributed by atoms with van der Waals surface area (Å²) < 4.78 is 9.19. The molecule has 4 heterocycles. The van der Waals surface area contributed by atoms with E-state index in [9.17, 15) is 0 Å². The minimum Gasteiger partial charge on any atom is -0.457 e. The van der Waals surface area contributed by atoms with E-state index in [1.165, 1.54) is 5.56 Å². The fourth-order valence-electron chi connectivity index (χ4n) is 6.74. The van der Waals surface area contributed by atoms with Gasteiger partial charge in [0.15, 0.2) is 23.1 Å². The van der Waals surface area contributed by atoms with Crippen LogP contribution < -0.4 is 0 Å². The average Bonchev–Trinajstić information content (AvgIpc) is 3.71. The summed E-state index contributed by atoms with van der Waals surface area (Å²) in [6, 6.07) is 39.5. The lowest BCUT2D eigenvalue weighted by molar-refractivity contribution is 0.466. The summed E-state index contributed by atoms with van der Waals surface area (Å²) in [5.41, 5.74) is 10.1. The van der Waals surface area contributed by atoms with Crippen molar-refractivity contribution in [2.24, 2.45) is 0 Å². The zero-order chi connectivity index (χ0) is 30.1. The number of rotatable bonds is 4. The molecule has 0 spiro atoms. The van der Waals surface area contributed by atoms with Crippen molar-refractivity contribution in [3.63, 3.8) is 0 Å². The first-order valence-electron chi connectivity index (χ1n) is 15.1. The quantitative estimate of drug-likeness (QED) is 0.207. The molecule has 0 fully saturated rings. The summed E-state index contributed by atoms with van der Waals surface area (Å²) in [5, 5.41) is 1.10. The maximum absolute atomic E-state index is 6.86. The molecule has 6 nitrogen and oxygen atoms in total. The topological polar surface area (TPSA) is 69.6 Å². The highest BCUT2D eigenvalue weighted by molar-refractivity contribution is 6.13. The zero-order valence-corrected chi connectivity index (χ0v) is 24.8. The highest BCUT2D eigenvalue weighted by Crippen LogP contribution is 2.55. The molecule has 0 N–H and O–H groups in total. The van der Waals surface area contributed by atoms with Crippen molar-refractivity contribution < 1.29 is 4.42 Å². The first kappa shape index (κ1) is 25.6. The Morgan fingerprint density at radius 2 is 1.24 bits per heavy atom. The molecule has 0 radical (unpaired) electrons. The van der Waals surface area contributed by atoms with Crippen LogP contribution in [0.4, 0.5) is 0 Å². The third-order valence-corrected chi connectivity index (χ3v) is 8.90. The van der Waals surface area contributed by atoms with E-state index in [0.29, 0.717) is 17.5 Å². The van der Waals surface area contributed by atoms with Gasteiger partial charge in [0.25, 0.3) is 0 Å². The highest BCUT2D eigenvalue weighted by Gasteiger charge is 2.42. The second-order valence-corrected chi connectivity index (χ2v) is 12.0. The van der Waals surface area contributed by atoms with Crippen LogP contribution in [0.15, 0.2) is 132 Å². The molecule has 1 aliphatic carbocycles. The third kappa shape index (κ3) is 3.82. The normalized spacial score (nSPS) is 13.3. The Labute approximate surface area is 259 Å². The number of aromatic nitrogens is 5. The van der Waals surface area contributed by atoms with Gasteiger partial charge in [-0.2, -0.15) is 0 Å². The van der Waals surface area contributed by atoms with Crippen molar-refractivity contribution >= 4 is 22.0 Å². The Bertz CT molecular complexity index is 2330. The van der Waals surface area contributed by atoms with Gasteiger partial charge in [-0.3, -0.25) is 4.98 Å². The maximum atomic E-state index is 6.86. The van der Waals surface area contributed by atoms with E-state index in [2.05, 4.69) is 96.2 Å². The molecule has 9 rings (SSSR count). The average molecular weight is 582 g/mol. The van der Waals surface area contributed by atoms with Gasteiger partial charge in [-0.25, -0.2) is 15.0 Å². The van der Waals surface area contributed by atoms with Crippen LogP contribution in [-0.4, -0.2) is 24.5 Å². The molecule has 8 aromatic rings. The molecule has 6 heteroatoms. The van der Waals surface area contributed by atoms with Crippen molar-refractivity contribution in [1.29, 1.82) is 0 Å². The van der Waals surface area contributed by atoms with Crippen molar-refractivity contribution in [2.75, 3.05) is 0 Å². The number of hydrogen-bond acceptors (Lipinski definition) is 5. The lowest BCUT2D eigenvalue weighted by Gasteiger charge is -2.19. The smallest absolute Gasteiger partial charge is 0.164 e. The van der Waals surface area contributed by atoms with Crippen molar-refractivity contribution in [3.05, 3.63) is 139 Å². The Kier molecular flexibility index (Phi) is 5.44. The van der Waals surface area contributed by atoms with Gasteiger partial charge in [0, 0.05) is 51.1 Å². The second-order valence-electron chi connectivity index (χ2n) is 12.0. The van der Waals surface area contributed by atoms with E-state index >= 15 is 0 Å². The van der Waals surface area contributed by atoms with Gasteiger partial charge >= 0.3 is 0 Å². The Morgan fingerprint density at radius 3 is 1.98 bits per heavy atom. The predicted octanol–water partition coefficient (Wildman–Crippen LogP) is 9.26. The Hall–Kier alpha value is -5.88. The van der Waals surface area contributed by atoms with Gasteiger partial charge in [-0.1, -0.05) is 72.8 Å². The van der Waals surface area contributed by atoms with Crippen molar-refractivity contribution in [3.8, 4) is 51.0 Å². The maximum Gasteiger partial charge on any atom is 0.164 e. The molecule has 0 amide bonds. The van der Waals surface area contributed by atoms with Gasteiger partial charge < -0.3 is 8.98 Å². The van der Waals surface area contributed by atoms with E-state index < -0.39 is 0 Å². The number of para-hydroxylation sites is 2. The van der Waals surface area contributed by atoms with E-state index in [0.717, 1.165) is 61.3 Å². The molecule has 4 aromatic carbocycles. The van der Waals surface area contributed by atoms with E-state index in [1.807, 2.05) is 42.5 Å². The van der Waals surface area contributed by atoms with Crippen LogP contribution in [-0.2, 0) is 5.41 Å². The molecular formula is C39H27N5O. The fraction of sp³-hybridized carbons (Fsp3) is 0.0769. The monoisotopic (exact) mass is 581 g/mol. The SMILES string of the molecule is CC1(C)c2ccc(-c3nc(-c4ccccc4)nc(-c4ccncc4)n3)cc2-c2c1oc1c3ccccc3n(-c3ccccc3)c21. The number of nitrogens with zero attached hydrogens (tertiary/aromatic N) is 5. The van der Waals surface area contributed by atoms with Crippen molar-refractivity contribution in [2.45, 2.75) is 19.3 Å². The number of hydrogen-bond donors (Lipinski definition) is 0. The second kappa shape index (κ2) is 9.56. The lowest BCUT2D eigenvalue weighted by Crippen LogP contribution is -2.14. The summed E-state index contributed by atoms with van der Waals surface area (Å²) >= 11 is 0. The largest absolute Gasteiger partial charge is 0.457 e. The molecule has 0 saturated carbocycles. The van der Waals surface area contributed by atoms with Gasteiger partial charge in [0.1, 0.15) is 11.3 Å². The molecule has 0 saturated heterocycles. The summed E-state index contributed by atoms with van der Waals surface area (Å²) in [4.78, 5) is 19.0. The summed E-state index contributed by atoms with van der Waals surface area (Å²) in [5.74, 6) is 2.84. The first-order valence-corrected chi connectivity index (χ1v) is 15.1. The van der Waals surface area contributed by atoms with Crippen LogP contribution in [0.3, 0.4) is 0 Å². The number of pyridine rings is 1. The minimum absolute atomic E-state index is 0.318. The lowest BCUT2D eigenvalue weighted by atomic mass is 9.85. The zero-order valence-electron chi connectivity index (χ0n) is 24.8. The summed E-state index contributed by atoms with van der Waals surface area (Å²) in [6.07, 6.45) is 3.52. The third-order valence-electron chi connectivity index (χ3n) is 8.90. The van der Waals surface area contributed by atoms with Gasteiger partial charge in [0.05, 0.1) is 5.52 Å². The molecule has 0 bridgehead atoms. The standard InChI is InChI=1S/C39H27N5O/c1-39(2)30-18-17-26(38-42-36(24-11-5-3-6-12-24)41-37(43-38)25-19-21-40-22-20-25)23-29(30)32-33-34(45-35(32)39)28-15-9-10-16-31(28)44(33)27-13-7-4-8-14-27/h3-23H,1-2H3. The minimum atomic E-state index is -0.318. The van der Waals surface area contributed by atoms with Gasteiger partial charge in [-0.15, -0.1) is 0 Å². The highest BCUT2D eigenvalue weighted by atomic mass is 16.3. The molecule has 0 aliphatic heterocycles. The van der Waals surface area contributed by atoms with Crippen LogP contribution in [0, 0.1) is 0 Å². The molecular weight excluding hydrogens is 554 g/mol.